The van der Waals surface area contributed by atoms with Gasteiger partial charge in [0.05, 0.1) is 11.2 Å². The van der Waals surface area contributed by atoms with Gasteiger partial charge in [0.25, 0.3) is 0 Å². The van der Waals surface area contributed by atoms with E-state index in [1.807, 2.05) is 18.2 Å². The number of urea groups is 1. The van der Waals surface area contributed by atoms with Gasteiger partial charge in [-0.3, -0.25) is 14.8 Å². The van der Waals surface area contributed by atoms with E-state index in [-0.39, 0.29) is 33.0 Å². The van der Waals surface area contributed by atoms with Gasteiger partial charge in [0.2, 0.25) is 5.91 Å². The van der Waals surface area contributed by atoms with Crippen LogP contribution in [0.3, 0.4) is 0 Å². The van der Waals surface area contributed by atoms with Crippen molar-refractivity contribution < 1.29 is 23.7 Å². The van der Waals surface area contributed by atoms with Crippen molar-refractivity contribution in [1.82, 2.24) is 19.9 Å². The number of carbonyl (C=O) groups is 2. The van der Waals surface area contributed by atoms with Crippen molar-refractivity contribution in [2.24, 2.45) is 0 Å². The first kappa shape index (κ1) is 29.8. The smallest absolute Gasteiger partial charge is 0.323 e. The van der Waals surface area contributed by atoms with E-state index in [0.717, 1.165) is 11.1 Å². The van der Waals surface area contributed by atoms with E-state index in [1.54, 1.807) is 48.9 Å². The third kappa shape index (κ3) is 7.22. The van der Waals surface area contributed by atoms with Gasteiger partial charge >= 0.3 is 6.03 Å². The fourth-order valence-corrected chi connectivity index (χ4v) is 3.74. The highest BCUT2D eigenvalue weighted by molar-refractivity contribution is 6.00. The molecule has 214 valence electrons. The van der Waals surface area contributed by atoms with Crippen molar-refractivity contribution in [3.05, 3.63) is 98.2 Å². The average Bonchev–Trinajstić information content (AvgIpc) is 2.96. The Morgan fingerprint density at radius 2 is 1.59 bits per heavy atom. The van der Waals surface area contributed by atoms with Crippen LogP contribution in [0.1, 0.15) is 11.2 Å². The van der Waals surface area contributed by atoms with E-state index >= 15 is 0 Å². The molecule has 2 aromatic carbocycles. The predicted octanol–water partition coefficient (Wildman–Crippen LogP) is 5.79. The standard InChI is InChI=1S/C27H21FN8O2.C2H4.H2O.3H2/c1-15(37)32-19-5-7-20(8-6-19)33-27(38)35-22-9-4-16(11-21(22)28)26-34-23-12-18(17-3-2-10-30-13-17)14-31-24(23)25(29)36-26;1-2;;;;/h2-14H,1H3,(H,32,37)(H2,29,34,36)(H2,33,35,38);1-2H2;1H2;3*1H. The largest absolute Gasteiger partial charge is 0.412 e. The van der Waals surface area contributed by atoms with E-state index in [2.05, 4.69) is 49.0 Å². The Balaban J connectivity index is 0.00000302. The molecule has 3 heterocycles. The average molecular weight is 561 g/mol. The monoisotopic (exact) mass is 560 g/mol. The third-order valence-electron chi connectivity index (χ3n) is 5.50. The van der Waals surface area contributed by atoms with Gasteiger partial charge in [-0.25, -0.2) is 19.2 Å². The van der Waals surface area contributed by atoms with E-state index in [4.69, 9.17) is 5.73 Å². The lowest BCUT2D eigenvalue weighted by molar-refractivity contribution is -0.114. The number of pyridine rings is 2. The number of hydrogen-bond donors (Lipinski definition) is 4. The predicted molar refractivity (Wildman–Crippen MR) is 165 cm³/mol. The number of anilines is 4. The second kappa shape index (κ2) is 13.4. The van der Waals surface area contributed by atoms with Gasteiger partial charge in [0.15, 0.2) is 11.6 Å². The SMILES string of the molecule is C=C.CC(=O)Nc1ccc(NC(=O)Nc2ccc(-c3nc(N)c4ncc(-c5cccnc5)cc4n3)cc2F)cc1.O.[HH].[HH].[HH]. The Labute approximate surface area is 239 Å². The molecule has 0 aliphatic heterocycles. The summed E-state index contributed by atoms with van der Waals surface area (Å²) < 4.78 is 14.9. The minimum Gasteiger partial charge on any atom is -0.412 e. The summed E-state index contributed by atoms with van der Waals surface area (Å²) in [5.74, 6) is -0.503. The number of halogens is 1. The van der Waals surface area contributed by atoms with Crippen molar-refractivity contribution in [3.8, 4) is 22.5 Å². The zero-order chi connectivity index (χ0) is 28.6. The van der Waals surface area contributed by atoms with Crippen molar-refractivity contribution in [2.45, 2.75) is 6.92 Å². The number of fused-ring (bicyclic) bond motifs is 1. The van der Waals surface area contributed by atoms with E-state index in [0.29, 0.717) is 28.0 Å². The molecule has 0 aliphatic rings. The fourth-order valence-electron chi connectivity index (χ4n) is 3.74. The van der Waals surface area contributed by atoms with Gasteiger partial charge in [0, 0.05) is 57.9 Å². The molecule has 0 saturated heterocycles. The number of nitrogens with zero attached hydrogens (tertiary/aromatic N) is 4. The topological polar surface area (TPSA) is 179 Å². The van der Waals surface area contributed by atoms with E-state index in [1.165, 1.54) is 19.1 Å². The lowest BCUT2D eigenvalue weighted by atomic mass is 10.1. The molecular weight excluding hydrogens is 527 g/mol. The Bertz CT molecular complexity index is 1700. The molecule has 41 heavy (non-hydrogen) atoms. The molecule has 0 atom stereocenters. The fraction of sp³-hybridized carbons (Fsp3) is 0.0345. The van der Waals surface area contributed by atoms with Crippen molar-refractivity contribution >= 4 is 45.9 Å². The van der Waals surface area contributed by atoms with Crippen LogP contribution in [0.4, 0.5) is 32.1 Å². The highest BCUT2D eigenvalue weighted by Gasteiger charge is 2.14. The van der Waals surface area contributed by atoms with Gasteiger partial charge in [-0.05, 0) is 54.6 Å². The minimum absolute atomic E-state index is 0. The van der Waals surface area contributed by atoms with Gasteiger partial charge in [-0.15, -0.1) is 13.2 Å². The minimum atomic E-state index is -0.678. The summed E-state index contributed by atoms with van der Waals surface area (Å²) in [6, 6.07) is 15.6. The van der Waals surface area contributed by atoms with Crippen LogP contribution < -0.4 is 21.7 Å². The first-order valence-corrected chi connectivity index (χ1v) is 11.9. The van der Waals surface area contributed by atoms with Crippen LogP contribution in [0.5, 0.6) is 0 Å². The molecule has 0 bridgehead atoms. The molecule has 0 spiro atoms. The second-order valence-corrected chi connectivity index (χ2v) is 8.30. The maximum atomic E-state index is 14.9. The molecule has 0 unspecified atom stereocenters. The first-order valence-electron chi connectivity index (χ1n) is 11.9. The molecule has 3 amide bonds. The van der Waals surface area contributed by atoms with Gasteiger partial charge in [-0.2, -0.15) is 0 Å². The molecule has 3 aromatic heterocycles. The number of nitrogen functional groups attached to an aromatic ring is 1. The number of benzene rings is 2. The Morgan fingerprint density at radius 3 is 2.22 bits per heavy atom. The van der Waals surface area contributed by atoms with Crippen LogP contribution in [0, 0.1) is 5.82 Å². The van der Waals surface area contributed by atoms with Crippen molar-refractivity contribution in [1.29, 1.82) is 0 Å². The zero-order valence-corrected chi connectivity index (χ0v) is 22.0. The Morgan fingerprint density at radius 1 is 0.878 bits per heavy atom. The first-order chi connectivity index (χ1) is 19.4. The lowest BCUT2D eigenvalue weighted by Gasteiger charge is -2.11. The second-order valence-electron chi connectivity index (χ2n) is 8.30. The summed E-state index contributed by atoms with van der Waals surface area (Å²) in [5.41, 5.74) is 10.1. The zero-order valence-electron chi connectivity index (χ0n) is 22.0. The van der Waals surface area contributed by atoms with E-state index < -0.39 is 11.8 Å². The Hall–Kier alpha value is -5.75. The van der Waals surface area contributed by atoms with Crippen LogP contribution in [0.25, 0.3) is 33.5 Å². The molecule has 7 N–H and O–H groups in total. The maximum Gasteiger partial charge on any atom is 0.323 e. The van der Waals surface area contributed by atoms with Crippen LogP contribution in [-0.4, -0.2) is 37.4 Å². The molecule has 0 radical (unpaired) electrons. The van der Waals surface area contributed by atoms with Crippen molar-refractivity contribution in [2.75, 3.05) is 21.7 Å². The molecule has 12 heteroatoms. The molecule has 5 aromatic rings. The third-order valence-corrected chi connectivity index (χ3v) is 5.50. The summed E-state index contributed by atoms with van der Waals surface area (Å²) >= 11 is 0. The molecule has 5 rings (SSSR count). The highest BCUT2D eigenvalue weighted by atomic mass is 19.1. The van der Waals surface area contributed by atoms with Crippen LogP contribution in [-0.2, 0) is 4.79 Å². The number of nitrogens with one attached hydrogen (secondary N) is 3. The van der Waals surface area contributed by atoms with Gasteiger partial charge in [0.1, 0.15) is 11.3 Å². The summed E-state index contributed by atoms with van der Waals surface area (Å²) in [6.45, 7) is 7.40. The summed E-state index contributed by atoms with van der Waals surface area (Å²) in [5, 5.41) is 7.72. The van der Waals surface area contributed by atoms with Crippen LogP contribution >= 0.6 is 0 Å². The van der Waals surface area contributed by atoms with Gasteiger partial charge < -0.3 is 27.2 Å². The number of amides is 3. The number of rotatable bonds is 5. The summed E-state index contributed by atoms with van der Waals surface area (Å²) in [6.07, 6.45) is 5.06. The molecule has 0 fully saturated rings. The van der Waals surface area contributed by atoms with Crippen LogP contribution in [0.2, 0.25) is 0 Å². The Kier molecular flexibility index (Phi) is 9.71. The highest BCUT2D eigenvalue weighted by Crippen LogP contribution is 2.28. The molecule has 0 aliphatic carbocycles. The lowest BCUT2D eigenvalue weighted by Crippen LogP contribution is -2.20. The summed E-state index contributed by atoms with van der Waals surface area (Å²) in [7, 11) is 0. The molecule has 0 saturated carbocycles. The number of hydrogen-bond acceptors (Lipinski definition) is 7. The number of aromatic nitrogens is 4. The quantitative estimate of drug-likeness (QED) is 0.196. The van der Waals surface area contributed by atoms with Crippen molar-refractivity contribution in [3.63, 3.8) is 0 Å². The van der Waals surface area contributed by atoms with E-state index in [9.17, 15) is 14.0 Å². The molecule has 11 nitrogen and oxygen atoms in total. The maximum absolute atomic E-state index is 14.9. The van der Waals surface area contributed by atoms with Crippen LogP contribution in [0.15, 0.2) is 92.4 Å². The number of carbonyl (C=O) groups excluding carboxylic acids is 2. The number of nitrogens with two attached hydrogens (primary N) is 1. The normalized spacial score (nSPS) is 10.0. The van der Waals surface area contributed by atoms with Gasteiger partial charge in [-0.1, -0.05) is 6.07 Å². The summed E-state index contributed by atoms with van der Waals surface area (Å²) in [4.78, 5) is 40.8. The molecular formula is C29H33FN8O3.